The molecule has 0 aromatic heterocycles. The molecule has 0 N–H and O–H groups in total. The van der Waals surface area contributed by atoms with E-state index in [1.54, 1.807) is 53.1 Å². The Labute approximate surface area is 197 Å². The lowest BCUT2D eigenvalue weighted by atomic mass is 10.1. The maximum Gasteiger partial charge on any atom is 0.264 e. The van der Waals surface area contributed by atoms with Gasteiger partial charge in [-0.25, -0.2) is 8.42 Å². The van der Waals surface area contributed by atoms with Gasteiger partial charge in [0.05, 0.1) is 27.8 Å². The monoisotopic (exact) mass is 484 g/mol. The highest BCUT2D eigenvalue weighted by Gasteiger charge is 2.28. The molecule has 1 heterocycles. The Morgan fingerprint density at radius 2 is 1.84 bits per heavy atom. The van der Waals surface area contributed by atoms with E-state index in [-0.39, 0.29) is 17.3 Å². The minimum Gasteiger partial charge on any atom is -0.306 e. The zero-order valence-corrected chi connectivity index (χ0v) is 19.5. The number of nitrogens with zero attached hydrogens (tertiary/aromatic N) is 2. The van der Waals surface area contributed by atoms with Gasteiger partial charge in [0.2, 0.25) is 0 Å². The van der Waals surface area contributed by atoms with Crippen LogP contribution in [0.15, 0.2) is 95.2 Å². The van der Waals surface area contributed by atoms with Crippen LogP contribution in [0.5, 0.6) is 0 Å². The number of thioether (sulfide) groups is 1. The zero-order valence-electron chi connectivity index (χ0n) is 17.1. The molecule has 32 heavy (non-hydrogen) atoms. The number of carbonyl (C=O) groups is 1. The quantitative estimate of drug-likeness (QED) is 0.435. The number of benzene rings is 3. The molecule has 0 radical (unpaired) electrons. The first kappa shape index (κ1) is 22.5. The number of para-hydroxylation sites is 2. The summed E-state index contributed by atoms with van der Waals surface area (Å²) in [5, 5.41) is 0.313. The van der Waals surface area contributed by atoms with Gasteiger partial charge in [0, 0.05) is 22.8 Å². The lowest BCUT2D eigenvalue weighted by Crippen LogP contribution is -2.36. The van der Waals surface area contributed by atoms with Crippen LogP contribution in [0.25, 0.3) is 0 Å². The molecule has 1 amide bonds. The molecule has 0 fully saturated rings. The van der Waals surface area contributed by atoms with Gasteiger partial charge in [-0.2, -0.15) is 0 Å². The first-order valence-corrected chi connectivity index (χ1v) is 12.8. The molecule has 1 aliphatic rings. The van der Waals surface area contributed by atoms with Gasteiger partial charge in [0.15, 0.2) is 0 Å². The standard InChI is InChI=1S/C24H21ClN2O3S2/c1-2-14-27(21-11-4-3-10-20(21)25)32(29,30)19-9-7-8-18(17-19)24(28)26-15-16-31-23-13-6-5-12-22(23)26/h2-13,17H,1,14-16H2. The summed E-state index contributed by atoms with van der Waals surface area (Å²) < 4.78 is 28.2. The summed E-state index contributed by atoms with van der Waals surface area (Å²) in [6.45, 7) is 4.28. The maximum absolute atomic E-state index is 13.5. The van der Waals surface area contributed by atoms with E-state index in [2.05, 4.69) is 6.58 Å². The third-order valence-electron chi connectivity index (χ3n) is 5.06. The second-order valence-corrected chi connectivity index (χ2v) is 10.5. The maximum atomic E-state index is 13.5. The molecular weight excluding hydrogens is 464 g/mol. The van der Waals surface area contributed by atoms with Gasteiger partial charge in [-0.3, -0.25) is 9.10 Å². The summed E-state index contributed by atoms with van der Waals surface area (Å²) in [5.41, 5.74) is 1.50. The number of fused-ring (bicyclic) bond motifs is 1. The molecular formula is C24H21ClN2O3S2. The molecule has 4 rings (SSSR count). The Hall–Kier alpha value is -2.74. The lowest BCUT2D eigenvalue weighted by molar-refractivity contribution is 0.0987. The van der Waals surface area contributed by atoms with Crippen molar-refractivity contribution in [3.8, 4) is 0 Å². The number of carbonyl (C=O) groups excluding carboxylic acids is 1. The number of halogens is 1. The molecule has 1 aliphatic heterocycles. The Bertz CT molecular complexity index is 1280. The Balaban J connectivity index is 1.72. The summed E-state index contributed by atoms with van der Waals surface area (Å²) in [6.07, 6.45) is 1.50. The third kappa shape index (κ3) is 4.28. The number of rotatable bonds is 6. The van der Waals surface area contributed by atoms with E-state index in [0.29, 0.717) is 22.8 Å². The van der Waals surface area contributed by atoms with Crippen LogP contribution in [0, 0.1) is 0 Å². The summed E-state index contributed by atoms with van der Waals surface area (Å²) in [4.78, 5) is 16.1. The van der Waals surface area contributed by atoms with E-state index in [1.807, 2.05) is 24.3 Å². The molecule has 0 saturated carbocycles. The van der Waals surface area contributed by atoms with E-state index in [9.17, 15) is 13.2 Å². The molecule has 3 aromatic carbocycles. The third-order valence-corrected chi connectivity index (χ3v) is 8.20. The van der Waals surface area contributed by atoms with Crippen molar-refractivity contribution in [3.63, 3.8) is 0 Å². The smallest absolute Gasteiger partial charge is 0.264 e. The predicted octanol–water partition coefficient (Wildman–Crippen LogP) is 5.47. The van der Waals surface area contributed by atoms with Crippen molar-refractivity contribution in [2.24, 2.45) is 0 Å². The van der Waals surface area contributed by atoms with Crippen molar-refractivity contribution >= 4 is 50.7 Å². The van der Waals surface area contributed by atoms with Crippen LogP contribution in [0.4, 0.5) is 11.4 Å². The SMILES string of the molecule is C=CCN(c1ccccc1Cl)S(=O)(=O)c1cccc(C(=O)N2CCSc3ccccc32)c1. The first-order chi connectivity index (χ1) is 15.4. The molecule has 0 bridgehead atoms. The molecule has 5 nitrogen and oxygen atoms in total. The topological polar surface area (TPSA) is 57.7 Å². The van der Waals surface area contributed by atoms with E-state index in [4.69, 9.17) is 11.6 Å². The van der Waals surface area contributed by atoms with Gasteiger partial charge in [-0.1, -0.05) is 48.0 Å². The predicted molar refractivity (Wildman–Crippen MR) is 131 cm³/mol. The summed E-state index contributed by atoms with van der Waals surface area (Å²) in [7, 11) is -3.98. The second kappa shape index (κ2) is 9.40. The molecule has 0 unspecified atom stereocenters. The molecule has 0 aliphatic carbocycles. The fourth-order valence-electron chi connectivity index (χ4n) is 3.55. The Morgan fingerprint density at radius 1 is 1.09 bits per heavy atom. The number of anilines is 2. The zero-order chi connectivity index (χ0) is 22.7. The van der Waals surface area contributed by atoms with Crippen molar-refractivity contribution in [1.82, 2.24) is 0 Å². The van der Waals surface area contributed by atoms with E-state index >= 15 is 0 Å². The van der Waals surface area contributed by atoms with Gasteiger partial charge in [0.1, 0.15) is 0 Å². The van der Waals surface area contributed by atoms with E-state index in [1.165, 1.54) is 22.5 Å². The minimum absolute atomic E-state index is 0.0183. The normalized spacial score (nSPS) is 13.3. The van der Waals surface area contributed by atoms with Gasteiger partial charge in [-0.05, 0) is 42.5 Å². The number of hydrogen-bond donors (Lipinski definition) is 0. The van der Waals surface area contributed by atoms with Crippen LogP contribution < -0.4 is 9.21 Å². The van der Waals surface area contributed by atoms with Gasteiger partial charge < -0.3 is 4.90 Å². The van der Waals surface area contributed by atoms with Crippen LogP contribution >= 0.6 is 23.4 Å². The van der Waals surface area contributed by atoms with E-state index in [0.717, 1.165) is 16.3 Å². The van der Waals surface area contributed by atoms with Crippen LogP contribution in [0.3, 0.4) is 0 Å². The van der Waals surface area contributed by atoms with Crippen molar-refractivity contribution in [2.45, 2.75) is 9.79 Å². The molecule has 164 valence electrons. The Kier molecular flexibility index (Phi) is 6.60. The van der Waals surface area contributed by atoms with Gasteiger partial charge in [0.25, 0.3) is 15.9 Å². The van der Waals surface area contributed by atoms with E-state index < -0.39 is 10.0 Å². The van der Waals surface area contributed by atoms with Crippen molar-refractivity contribution in [1.29, 1.82) is 0 Å². The average Bonchev–Trinajstić information content (AvgIpc) is 2.82. The number of amides is 1. The highest BCUT2D eigenvalue weighted by molar-refractivity contribution is 7.99. The second-order valence-electron chi connectivity index (χ2n) is 7.08. The van der Waals surface area contributed by atoms with Gasteiger partial charge in [-0.15, -0.1) is 18.3 Å². The summed E-state index contributed by atoms with van der Waals surface area (Å²) in [6, 6.07) is 20.6. The van der Waals surface area contributed by atoms with Crippen LogP contribution in [0.2, 0.25) is 5.02 Å². The van der Waals surface area contributed by atoms with Crippen LogP contribution in [-0.4, -0.2) is 33.2 Å². The fourth-order valence-corrected chi connectivity index (χ4v) is 6.33. The molecule has 3 aromatic rings. The summed E-state index contributed by atoms with van der Waals surface area (Å²) >= 11 is 7.98. The summed E-state index contributed by atoms with van der Waals surface area (Å²) in [5.74, 6) is 0.545. The molecule has 0 atom stereocenters. The van der Waals surface area contributed by atoms with Gasteiger partial charge >= 0.3 is 0 Å². The lowest BCUT2D eigenvalue weighted by Gasteiger charge is -2.29. The minimum atomic E-state index is -3.98. The Morgan fingerprint density at radius 3 is 2.62 bits per heavy atom. The molecule has 0 saturated heterocycles. The van der Waals surface area contributed by atoms with Crippen molar-refractivity contribution in [3.05, 3.63) is 96.0 Å². The van der Waals surface area contributed by atoms with Crippen LogP contribution in [0.1, 0.15) is 10.4 Å². The highest BCUT2D eigenvalue weighted by atomic mass is 35.5. The van der Waals surface area contributed by atoms with Crippen molar-refractivity contribution in [2.75, 3.05) is 28.0 Å². The number of hydrogen-bond acceptors (Lipinski definition) is 4. The molecule has 8 heteroatoms. The number of sulfonamides is 1. The fraction of sp³-hybridized carbons (Fsp3) is 0.125. The first-order valence-electron chi connectivity index (χ1n) is 9.95. The average molecular weight is 485 g/mol. The molecule has 0 spiro atoms. The highest BCUT2D eigenvalue weighted by Crippen LogP contribution is 2.35. The van der Waals surface area contributed by atoms with Crippen LogP contribution in [-0.2, 0) is 10.0 Å². The van der Waals surface area contributed by atoms with Crippen molar-refractivity contribution < 1.29 is 13.2 Å². The largest absolute Gasteiger partial charge is 0.306 e.